The summed E-state index contributed by atoms with van der Waals surface area (Å²) in [6, 6.07) is 10.5. The van der Waals surface area contributed by atoms with E-state index in [0.717, 1.165) is 4.90 Å². The number of hydrogen-bond donors (Lipinski definition) is 0. The third-order valence-corrected chi connectivity index (χ3v) is 5.60. The summed E-state index contributed by atoms with van der Waals surface area (Å²) in [5.74, 6) is 1.19. The molecular formula is C25H22N2O7. The molecule has 0 aromatic heterocycles. The number of hydrogen-bond acceptors (Lipinski definition) is 8. The number of ether oxygens (including phenoxy) is 5. The highest BCUT2D eigenvalue weighted by atomic mass is 16.7. The first kappa shape index (κ1) is 22.7. The first-order valence-electron chi connectivity index (χ1n) is 10.3. The quantitative estimate of drug-likeness (QED) is 0.476. The Hall–Kier alpha value is -4.45. The van der Waals surface area contributed by atoms with E-state index in [4.69, 9.17) is 23.7 Å². The Morgan fingerprint density at radius 1 is 1.00 bits per heavy atom. The number of nitriles is 1. The molecule has 0 fully saturated rings. The molecule has 0 radical (unpaired) electrons. The highest BCUT2D eigenvalue weighted by Crippen LogP contribution is 2.40. The molecule has 0 spiro atoms. The minimum absolute atomic E-state index is 0.0284. The standard InChI is InChI=1S/C25H22N2O7/c1-14-17(7-16-9-21(30-2)23(32-4)22(10-16)31-3)24(28)27(25(29)18(14)11-26)12-15-5-6-19-20(8-15)34-13-33-19/h5-10H,12-13H2,1-4H3/b17-7+. The summed E-state index contributed by atoms with van der Waals surface area (Å²) in [6.07, 6.45) is 1.60. The van der Waals surface area contributed by atoms with Gasteiger partial charge in [-0.15, -0.1) is 0 Å². The number of imide groups is 1. The molecule has 0 atom stereocenters. The second-order valence-electron chi connectivity index (χ2n) is 7.51. The van der Waals surface area contributed by atoms with Gasteiger partial charge in [-0.3, -0.25) is 14.5 Å². The van der Waals surface area contributed by atoms with Crippen LogP contribution in [0.15, 0.2) is 47.1 Å². The molecule has 0 saturated heterocycles. The van der Waals surface area contributed by atoms with Gasteiger partial charge in [-0.1, -0.05) is 6.07 Å². The predicted molar refractivity (Wildman–Crippen MR) is 121 cm³/mol. The Kier molecular flexibility index (Phi) is 6.15. The second-order valence-corrected chi connectivity index (χ2v) is 7.51. The monoisotopic (exact) mass is 462 g/mol. The van der Waals surface area contributed by atoms with E-state index in [1.54, 1.807) is 43.3 Å². The van der Waals surface area contributed by atoms with Gasteiger partial charge in [-0.05, 0) is 54.0 Å². The Labute approximate surface area is 196 Å². The van der Waals surface area contributed by atoms with E-state index in [-0.39, 0.29) is 24.5 Å². The fourth-order valence-electron chi connectivity index (χ4n) is 3.85. The number of rotatable bonds is 6. The van der Waals surface area contributed by atoms with Gasteiger partial charge in [0.15, 0.2) is 23.0 Å². The predicted octanol–water partition coefficient (Wildman–Crippen LogP) is 3.23. The molecule has 2 aromatic carbocycles. The maximum Gasteiger partial charge on any atom is 0.271 e. The molecular weight excluding hydrogens is 440 g/mol. The van der Waals surface area contributed by atoms with E-state index in [1.807, 2.05) is 6.07 Å². The number of amides is 2. The number of carbonyl (C=O) groups excluding carboxylic acids is 2. The van der Waals surface area contributed by atoms with Crippen molar-refractivity contribution in [2.45, 2.75) is 13.5 Å². The molecule has 2 aliphatic heterocycles. The van der Waals surface area contributed by atoms with E-state index >= 15 is 0 Å². The molecule has 34 heavy (non-hydrogen) atoms. The molecule has 2 heterocycles. The van der Waals surface area contributed by atoms with Crippen LogP contribution in [0, 0.1) is 11.3 Å². The summed E-state index contributed by atoms with van der Waals surface area (Å²) in [6.45, 7) is 1.66. The minimum Gasteiger partial charge on any atom is -0.493 e. The zero-order valence-electron chi connectivity index (χ0n) is 19.1. The summed E-state index contributed by atoms with van der Waals surface area (Å²) >= 11 is 0. The first-order valence-corrected chi connectivity index (χ1v) is 10.3. The van der Waals surface area contributed by atoms with Crippen LogP contribution in [0.1, 0.15) is 18.1 Å². The Bertz CT molecular complexity index is 1260. The summed E-state index contributed by atoms with van der Waals surface area (Å²) in [5.41, 5.74) is 1.65. The lowest BCUT2D eigenvalue weighted by Gasteiger charge is -2.27. The van der Waals surface area contributed by atoms with Crippen molar-refractivity contribution in [2.24, 2.45) is 0 Å². The van der Waals surface area contributed by atoms with E-state index in [1.165, 1.54) is 21.3 Å². The van der Waals surface area contributed by atoms with Crippen LogP contribution in [0.25, 0.3) is 6.08 Å². The molecule has 2 aliphatic rings. The van der Waals surface area contributed by atoms with Crippen LogP contribution in [-0.2, 0) is 16.1 Å². The topological polar surface area (TPSA) is 107 Å². The Morgan fingerprint density at radius 2 is 1.68 bits per heavy atom. The third kappa shape index (κ3) is 3.90. The zero-order valence-corrected chi connectivity index (χ0v) is 19.1. The van der Waals surface area contributed by atoms with Gasteiger partial charge in [0.05, 0.1) is 27.9 Å². The van der Waals surface area contributed by atoms with Crippen molar-refractivity contribution in [1.82, 2.24) is 4.90 Å². The Balaban J connectivity index is 1.76. The molecule has 2 aromatic rings. The first-order chi connectivity index (χ1) is 16.4. The number of methoxy groups -OCH3 is 3. The molecule has 9 heteroatoms. The minimum atomic E-state index is -0.648. The van der Waals surface area contributed by atoms with Crippen molar-refractivity contribution in [1.29, 1.82) is 5.26 Å². The number of fused-ring (bicyclic) bond motifs is 1. The van der Waals surface area contributed by atoms with Crippen LogP contribution in [0.5, 0.6) is 28.7 Å². The third-order valence-electron chi connectivity index (χ3n) is 5.60. The van der Waals surface area contributed by atoms with Crippen molar-refractivity contribution in [2.75, 3.05) is 28.1 Å². The summed E-state index contributed by atoms with van der Waals surface area (Å²) in [5, 5.41) is 9.66. The summed E-state index contributed by atoms with van der Waals surface area (Å²) < 4.78 is 26.8. The largest absolute Gasteiger partial charge is 0.493 e. The SMILES string of the molecule is COc1cc(/C=C2/C(=O)N(Cc3ccc4c(c3)OCO4)C(=O)C(C#N)=C2C)cc(OC)c1OC. The lowest BCUT2D eigenvalue weighted by molar-refractivity contribution is -0.141. The van der Waals surface area contributed by atoms with Gasteiger partial charge in [-0.2, -0.15) is 5.26 Å². The highest BCUT2D eigenvalue weighted by molar-refractivity contribution is 6.19. The molecule has 0 aliphatic carbocycles. The average molecular weight is 462 g/mol. The van der Waals surface area contributed by atoms with Crippen LogP contribution in [-0.4, -0.2) is 44.8 Å². The smallest absolute Gasteiger partial charge is 0.271 e. The Morgan fingerprint density at radius 3 is 2.29 bits per heavy atom. The fraction of sp³-hybridized carbons (Fsp3) is 0.240. The number of benzene rings is 2. The molecule has 0 unspecified atom stereocenters. The van der Waals surface area contributed by atoms with Crippen LogP contribution in [0.2, 0.25) is 0 Å². The van der Waals surface area contributed by atoms with E-state index in [9.17, 15) is 14.9 Å². The fourth-order valence-corrected chi connectivity index (χ4v) is 3.85. The molecule has 0 N–H and O–H groups in total. The number of nitrogens with zero attached hydrogens (tertiary/aromatic N) is 2. The molecule has 4 rings (SSSR count). The molecule has 174 valence electrons. The zero-order chi connectivity index (χ0) is 24.4. The second kappa shape index (κ2) is 9.19. The van der Waals surface area contributed by atoms with Gasteiger partial charge in [0.1, 0.15) is 11.6 Å². The van der Waals surface area contributed by atoms with Gasteiger partial charge in [0.25, 0.3) is 11.8 Å². The van der Waals surface area contributed by atoms with Crippen molar-refractivity contribution in [3.05, 3.63) is 58.2 Å². The average Bonchev–Trinajstić information content (AvgIpc) is 3.32. The van der Waals surface area contributed by atoms with Gasteiger partial charge >= 0.3 is 0 Å². The van der Waals surface area contributed by atoms with Crippen LogP contribution in [0.4, 0.5) is 0 Å². The van der Waals surface area contributed by atoms with E-state index in [0.29, 0.717) is 45.4 Å². The summed E-state index contributed by atoms with van der Waals surface area (Å²) in [4.78, 5) is 27.5. The molecule has 2 amide bonds. The van der Waals surface area contributed by atoms with Gasteiger partial charge in [0.2, 0.25) is 12.5 Å². The van der Waals surface area contributed by atoms with Crippen LogP contribution in [0.3, 0.4) is 0 Å². The lowest BCUT2D eigenvalue weighted by Crippen LogP contribution is -2.42. The number of carbonyl (C=O) groups is 2. The molecule has 0 bridgehead atoms. The van der Waals surface area contributed by atoms with Gasteiger partial charge in [0, 0.05) is 5.57 Å². The molecule has 0 saturated carbocycles. The molecule has 9 nitrogen and oxygen atoms in total. The van der Waals surface area contributed by atoms with Gasteiger partial charge in [-0.25, -0.2) is 0 Å². The van der Waals surface area contributed by atoms with Crippen molar-refractivity contribution < 1.29 is 33.3 Å². The summed E-state index contributed by atoms with van der Waals surface area (Å²) in [7, 11) is 4.48. The van der Waals surface area contributed by atoms with Gasteiger partial charge < -0.3 is 23.7 Å². The highest BCUT2D eigenvalue weighted by Gasteiger charge is 2.35. The van der Waals surface area contributed by atoms with Crippen molar-refractivity contribution >= 4 is 17.9 Å². The van der Waals surface area contributed by atoms with Crippen molar-refractivity contribution in [3.8, 4) is 34.8 Å². The normalized spacial score (nSPS) is 16.1. The van der Waals surface area contributed by atoms with Crippen molar-refractivity contribution in [3.63, 3.8) is 0 Å². The van der Waals surface area contributed by atoms with Crippen LogP contribution >= 0.6 is 0 Å². The lowest BCUT2D eigenvalue weighted by atomic mass is 9.93. The van der Waals surface area contributed by atoms with Crippen LogP contribution < -0.4 is 23.7 Å². The maximum atomic E-state index is 13.4. The maximum absolute atomic E-state index is 13.4. The van der Waals surface area contributed by atoms with E-state index < -0.39 is 11.8 Å². The van der Waals surface area contributed by atoms with E-state index in [2.05, 4.69) is 0 Å².